The average Bonchev–Trinajstić information content (AvgIpc) is 2.59. The Balaban J connectivity index is 2.21. The number of halogens is 2. The molecular formula is C11H12F2N2O2. The van der Waals surface area contributed by atoms with Gasteiger partial charge in [0.25, 0.3) is 11.8 Å². The number of nitrogens with one attached hydrogen (secondary N) is 1. The number of benzene rings is 1. The van der Waals surface area contributed by atoms with E-state index >= 15 is 0 Å². The quantitative estimate of drug-likeness (QED) is 0.838. The third kappa shape index (κ3) is 2.36. The van der Waals surface area contributed by atoms with E-state index in [4.69, 9.17) is 10.5 Å². The largest absolute Gasteiger partial charge is 0.374 e. The zero-order valence-electron chi connectivity index (χ0n) is 8.95. The van der Waals surface area contributed by atoms with Gasteiger partial charge in [-0.05, 0) is 12.1 Å². The second-order valence-corrected chi connectivity index (χ2v) is 3.88. The van der Waals surface area contributed by atoms with Crippen LogP contribution in [0.2, 0.25) is 0 Å². The summed E-state index contributed by atoms with van der Waals surface area (Å²) < 4.78 is 31.4. The van der Waals surface area contributed by atoms with Crippen LogP contribution >= 0.6 is 0 Å². The highest BCUT2D eigenvalue weighted by molar-refractivity contribution is 5.98. The molecule has 1 fully saturated rings. The number of para-hydroxylation sites is 1. The molecule has 92 valence electrons. The van der Waals surface area contributed by atoms with E-state index in [0.717, 1.165) is 0 Å². The van der Waals surface area contributed by atoms with Gasteiger partial charge in [0.15, 0.2) is 0 Å². The summed E-state index contributed by atoms with van der Waals surface area (Å²) in [4.78, 5) is 11.1. The molecule has 0 bridgehead atoms. The van der Waals surface area contributed by atoms with Gasteiger partial charge < -0.3 is 15.8 Å². The molecule has 1 aromatic carbocycles. The minimum atomic E-state index is -2.94. The number of anilines is 1. The fourth-order valence-electron chi connectivity index (χ4n) is 1.69. The predicted molar refractivity (Wildman–Crippen MR) is 58.1 cm³/mol. The molecule has 2 rings (SSSR count). The molecule has 1 aliphatic rings. The third-order valence-electron chi connectivity index (χ3n) is 2.61. The van der Waals surface area contributed by atoms with Gasteiger partial charge in [-0.1, -0.05) is 12.1 Å². The molecule has 3 N–H and O–H groups in total. The van der Waals surface area contributed by atoms with Gasteiger partial charge >= 0.3 is 0 Å². The highest BCUT2D eigenvalue weighted by Crippen LogP contribution is 2.29. The number of hydrogen-bond donors (Lipinski definition) is 2. The van der Waals surface area contributed by atoms with E-state index in [1.165, 1.54) is 12.1 Å². The number of ether oxygens (including phenoxy) is 1. The van der Waals surface area contributed by atoms with Crippen LogP contribution in [0.4, 0.5) is 14.5 Å². The Bertz CT molecular complexity index is 437. The number of primary amides is 1. The zero-order valence-corrected chi connectivity index (χ0v) is 8.95. The molecule has 1 unspecified atom stereocenters. The number of carbonyl (C=O) groups is 1. The lowest BCUT2D eigenvalue weighted by Crippen LogP contribution is -2.38. The molecule has 1 aromatic rings. The van der Waals surface area contributed by atoms with Gasteiger partial charge in [0.2, 0.25) is 0 Å². The zero-order chi connectivity index (χ0) is 12.5. The lowest BCUT2D eigenvalue weighted by Gasteiger charge is -2.20. The van der Waals surface area contributed by atoms with Crippen molar-refractivity contribution in [3.8, 4) is 0 Å². The second kappa shape index (κ2) is 4.29. The summed E-state index contributed by atoms with van der Waals surface area (Å²) in [5.41, 5.74) is 5.65. The number of amides is 1. The van der Waals surface area contributed by atoms with E-state index in [1.54, 1.807) is 12.1 Å². The van der Waals surface area contributed by atoms with Crippen LogP contribution in [0.1, 0.15) is 10.4 Å². The highest BCUT2D eigenvalue weighted by Gasteiger charge is 2.45. The number of alkyl halides is 2. The Kier molecular flexibility index (Phi) is 2.97. The molecule has 4 nitrogen and oxygen atoms in total. The molecule has 6 heteroatoms. The van der Waals surface area contributed by atoms with E-state index in [0.29, 0.717) is 5.69 Å². The van der Waals surface area contributed by atoms with Crippen molar-refractivity contribution in [2.24, 2.45) is 5.73 Å². The monoisotopic (exact) mass is 242 g/mol. The predicted octanol–water partition coefficient (Wildman–Crippen LogP) is 1.23. The summed E-state index contributed by atoms with van der Waals surface area (Å²) >= 11 is 0. The fraction of sp³-hybridized carbons (Fsp3) is 0.364. The van der Waals surface area contributed by atoms with Gasteiger partial charge in [-0.15, -0.1) is 0 Å². The molecule has 0 aliphatic carbocycles. The molecule has 0 spiro atoms. The van der Waals surface area contributed by atoms with Gasteiger partial charge in [0.1, 0.15) is 12.6 Å². The minimum Gasteiger partial charge on any atom is -0.374 e. The SMILES string of the molecule is NC(=O)c1ccccc1NC1COCC1(F)F. The summed E-state index contributed by atoms with van der Waals surface area (Å²) in [5, 5.41) is 2.61. The Hall–Kier alpha value is -1.69. The molecule has 1 saturated heterocycles. The first-order valence-corrected chi connectivity index (χ1v) is 5.11. The van der Waals surface area contributed by atoms with Crippen LogP contribution in [0.3, 0.4) is 0 Å². The Labute approximate surface area is 96.7 Å². The summed E-state index contributed by atoms with van der Waals surface area (Å²) in [6.45, 7) is -0.705. The molecular weight excluding hydrogens is 230 g/mol. The van der Waals surface area contributed by atoms with Crippen LogP contribution in [0.25, 0.3) is 0 Å². The summed E-state index contributed by atoms with van der Waals surface area (Å²) in [7, 11) is 0. The molecule has 1 aliphatic heterocycles. The minimum absolute atomic E-state index is 0.0971. The van der Waals surface area contributed by atoms with E-state index in [2.05, 4.69) is 5.32 Å². The number of hydrogen-bond acceptors (Lipinski definition) is 3. The van der Waals surface area contributed by atoms with Crippen LogP contribution in [-0.2, 0) is 4.74 Å². The van der Waals surface area contributed by atoms with E-state index < -0.39 is 24.5 Å². The smallest absolute Gasteiger partial charge is 0.292 e. The maximum atomic E-state index is 13.3. The standard InChI is InChI=1S/C11H12F2N2O2/c12-11(13)6-17-5-9(11)15-8-4-2-1-3-7(8)10(14)16/h1-4,9,15H,5-6H2,(H2,14,16). The van der Waals surface area contributed by atoms with Crippen molar-refractivity contribution in [1.82, 2.24) is 0 Å². The Morgan fingerprint density at radius 3 is 2.76 bits per heavy atom. The fourth-order valence-corrected chi connectivity index (χ4v) is 1.69. The van der Waals surface area contributed by atoms with Gasteiger partial charge in [-0.25, -0.2) is 8.78 Å². The molecule has 0 saturated carbocycles. The summed E-state index contributed by atoms with van der Waals surface area (Å²) in [6.07, 6.45) is 0. The van der Waals surface area contributed by atoms with E-state index in [9.17, 15) is 13.6 Å². The van der Waals surface area contributed by atoms with Crippen molar-refractivity contribution in [1.29, 1.82) is 0 Å². The lowest BCUT2D eigenvalue weighted by atomic mass is 10.1. The topological polar surface area (TPSA) is 64.4 Å². The van der Waals surface area contributed by atoms with Crippen molar-refractivity contribution in [2.75, 3.05) is 18.5 Å². The second-order valence-electron chi connectivity index (χ2n) is 3.88. The lowest BCUT2D eigenvalue weighted by molar-refractivity contribution is -0.0131. The van der Waals surface area contributed by atoms with Crippen LogP contribution in [0.5, 0.6) is 0 Å². The molecule has 1 atom stereocenters. The van der Waals surface area contributed by atoms with Crippen molar-refractivity contribution in [3.05, 3.63) is 29.8 Å². The normalized spacial score (nSPS) is 22.4. The summed E-state index contributed by atoms with van der Waals surface area (Å²) in [5.74, 6) is -3.60. The molecule has 1 heterocycles. The Morgan fingerprint density at radius 1 is 1.47 bits per heavy atom. The van der Waals surface area contributed by atoms with Crippen molar-refractivity contribution in [2.45, 2.75) is 12.0 Å². The van der Waals surface area contributed by atoms with Crippen molar-refractivity contribution < 1.29 is 18.3 Å². The van der Waals surface area contributed by atoms with Gasteiger partial charge in [-0.2, -0.15) is 0 Å². The third-order valence-corrected chi connectivity index (χ3v) is 2.61. The van der Waals surface area contributed by atoms with Gasteiger partial charge in [0.05, 0.1) is 12.2 Å². The van der Waals surface area contributed by atoms with Crippen molar-refractivity contribution >= 4 is 11.6 Å². The molecule has 1 amide bonds. The summed E-state index contributed by atoms with van der Waals surface area (Å²) in [6, 6.07) is 5.15. The maximum absolute atomic E-state index is 13.3. The highest BCUT2D eigenvalue weighted by atomic mass is 19.3. The van der Waals surface area contributed by atoms with Gasteiger partial charge in [0, 0.05) is 5.69 Å². The molecule has 0 aromatic heterocycles. The Morgan fingerprint density at radius 2 is 2.18 bits per heavy atom. The average molecular weight is 242 g/mol. The first kappa shape index (κ1) is 11.8. The van der Waals surface area contributed by atoms with Crippen LogP contribution in [0.15, 0.2) is 24.3 Å². The van der Waals surface area contributed by atoms with E-state index in [-0.39, 0.29) is 12.2 Å². The number of nitrogens with two attached hydrogens (primary N) is 1. The van der Waals surface area contributed by atoms with Crippen LogP contribution < -0.4 is 11.1 Å². The van der Waals surface area contributed by atoms with Gasteiger partial charge in [-0.3, -0.25) is 4.79 Å². The van der Waals surface area contributed by atoms with Crippen LogP contribution in [0, 0.1) is 0 Å². The maximum Gasteiger partial charge on any atom is 0.292 e. The van der Waals surface area contributed by atoms with Crippen LogP contribution in [-0.4, -0.2) is 31.1 Å². The molecule has 0 radical (unpaired) electrons. The van der Waals surface area contributed by atoms with E-state index in [1.807, 2.05) is 0 Å². The van der Waals surface area contributed by atoms with Crippen molar-refractivity contribution in [3.63, 3.8) is 0 Å². The number of carbonyl (C=O) groups excluding carboxylic acids is 1. The first-order chi connectivity index (χ1) is 8.00. The molecule has 17 heavy (non-hydrogen) atoms. The number of rotatable bonds is 3. The first-order valence-electron chi connectivity index (χ1n) is 5.11.